The Morgan fingerprint density at radius 1 is 1.19 bits per heavy atom. The molecule has 1 unspecified atom stereocenters. The van der Waals surface area contributed by atoms with E-state index in [1.807, 2.05) is 0 Å². The van der Waals surface area contributed by atoms with Gasteiger partial charge < -0.3 is 4.90 Å². The predicted octanol–water partition coefficient (Wildman–Crippen LogP) is 3.41. The summed E-state index contributed by atoms with van der Waals surface area (Å²) in [4.78, 5) is 2.40. The normalized spacial score (nSPS) is 30.8. The van der Waals surface area contributed by atoms with Crippen LogP contribution < -0.4 is 0 Å². The molecule has 0 N–H and O–H groups in total. The van der Waals surface area contributed by atoms with Crippen molar-refractivity contribution in [2.45, 2.75) is 27.2 Å². The second-order valence-electron chi connectivity index (χ2n) is 5.73. The van der Waals surface area contributed by atoms with Gasteiger partial charge in [0, 0.05) is 18.5 Å². The molecule has 0 bridgehead atoms. The first-order valence-corrected chi connectivity index (χ1v) is 6.30. The van der Waals surface area contributed by atoms with Crippen LogP contribution in [0.25, 0.3) is 0 Å². The molecule has 1 atom stereocenters. The second kappa shape index (κ2) is 4.21. The first kappa shape index (κ1) is 11.7. The third-order valence-electron chi connectivity index (χ3n) is 4.15. The number of rotatable bonds is 1. The fourth-order valence-electron chi connectivity index (χ4n) is 2.29. The standard InChI is InChI=1S/C15H23N/c1-12(2)15(3)8-5-13-7-10-16(4)11-14(13)6-9-15/h5-6,8-9,12H,7,10-11H2,1-4H3. The molecule has 0 aromatic heterocycles. The maximum absolute atomic E-state index is 2.40. The molecule has 16 heavy (non-hydrogen) atoms. The molecule has 2 rings (SSSR count). The van der Waals surface area contributed by atoms with Crippen molar-refractivity contribution < 1.29 is 0 Å². The third-order valence-corrected chi connectivity index (χ3v) is 4.15. The fraction of sp³-hybridized carbons (Fsp3) is 0.600. The lowest BCUT2D eigenvalue weighted by Crippen LogP contribution is -2.26. The minimum absolute atomic E-state index is 0.218. The second-order valence-corrected chi connectivity index (χ2v) is 5.73. The van der Waals surface area contributed by atoms with Crippen molar-refractivity contribution in [1.82, 2.24) is 4.90 Å². The first-order valence-electron chi connectivity index (χ1n) is 6.30. The van der Waals surface area contributed by atoms with Gasteiger partial charge in [0.05, 0.1) is 0 Å². The largest absolute Gasteiger partial charge is 0.302 e. The molecule has 1 heterocycles. The number of nitrogens with zero attached hydrogens (tertiary/aromatic N) is 1. The summed E-state index contributed by atoms with van der Waals surface area (Å²) in [6.45, 7) is 9.21. The van der Waals surface area contributed by atoms with E-state index < -0.39 is 0 Å². The predicted molar refractivity (Wildman–Crippen MR) is 70.4 cm³/mol. The van der Waals surface area contributed by atoms with Gasteiger partial charge in [0.15, 0.2) is 0 Å². The van der Waals surface area contributed by atoms with Crippen LogP contribution in [0.15, 0.2) is 35.5 Å². The maximum Gasteiger partial charge on any atom is 0.0233 e. The van der Waals surface area contributed by atoms with Crippen molar-refractivity contribution in [3.63, 3.8) is 0 Å². The Hall–Kier alpha value is -0.820. The summed E-state index contributed by atoms with van der Waals surface area (Å²) < 4.78 is 0. The molecular weight excluding hydrogens is 194 g/mol. The summed E-state index contributed by atoms with van der Waals surface area (Å²) in [6, 6.07) is 0. The van der Waals surface area contributed by atoms with E-state index in [9.17, 15) is 0 Å². The zero-order chi connectivity index (χ0) is 11.8. The van der Waals surface area contributed by atoms with Crippen LogP contribution in [0, 0.1) is 11.3 Å². The quantitative estimate of drug-likeness (QED) is 0.650. The minimum atomic E-state index is 0.218. The molecule has 1 aliphatic heterocycles. The zero-order valence-corrected chi connectivity index (χ0v) is 11.0. The molecule has 0 saturated heterocycles. The molecule has 0 saturated carbocycles. The van der Waals surface area contributed by atoms with Crippen LogP contribution >= 0.6 is 0 Å². The van der Waals surface area contributed by atoms with E-state index >= 15 is 0 Å². The molecular formula is C15H23N. The Morgan fingerprint density at radius 3 is 2.44 bits per heavy atom. The Bertz CT molecular complexity index is 360. The van der Waals surface area contributed by atoms with E-state index in [0.29, 0.717) is 5.92 Å². The van der Waals surface area contributed by atoms with Gasteiger partial charge in [-0.1, -0.05) is 45.1 Å². The third kappa shape index (κ3) is 2.15. The number of hydrogen-bond donors (Lipinski definition) is 0. The molecule has 2 aliphatic rings. The molecule has 0 radical (unpaired) electrons. The van der Waals surface area contributed by atoms with Gasteiger partial charge in [-0.15, -0.1) is 0 Å². The average molecular weight is 217 g/mol. The highest BCUT2D eigenvalue weighted by molar-refractivity contribution is 5.41. The highest BCUT2D eigenvalue weighted by atomic mass is 15.1. The van der Waals surface area contributed by atoms with Crippen LogP contribution in [0.5, 0.6) is 0 Å². The fourth-order valence-corrected chi connectivity index (χ4v) is 2.29. The summed E-state index contributed by atoms with van der Waals surface area (Å²) in [5.74, 6) is 0.652. The Labute approximate surface area is 99.5 Å². The van der Waals surface area contributed by atoms with Gasteiger partial charge in [-0.05, 0) is 30.5 Å². The van der Waals surface area contributed by atoms with Gasteiger partial charge in [-0.25, -0.2) is 0 Å². The van der Waals surface area contributed by atoms with E-state index in [1.165, 1.54) is 18.5 Å². The Morgan fingerprint density at radius 2 is 1.81 bits per heavy atom. The average Bonchev–Trinajstić information content (AvgIpc) is 2.40. The van der Waals surface area contributed by atoms with Crippen molar-refractivity contribution in [2.24, 2.45) is 11.3 Å². The molecule has 0 amide bonds. The van der Waals surface area contributed by atoms with Crippen LogP contribution in [0.2, 0.25) is 0 Å². The Kier molecular flexibility index (Phi) is 3.07. The first-order chi connectivity index (χ1) is 7.51. The Balaban J connectivity index is 2.29. The van der Waals surface area contributed by atoms with E-state index in [-0.39, 0.29) is 5.41 Å². The molecule has 0 fully saturated rings. The SMILES string of the molecule is CC(C)C1(C)C=CC2=C(C=C1)CN(C)CC2. The summed E-state index contributed by atoms with van der Waals surface area (Å²) in [6.07, 6.45) is 10.7. The molecule has 1 nitrogen and oxygen atoms in total. The van der Waals surface area contributed by atoms with Crippen LogP contribution in [-0.4, -0.2) is 25.0 Å². The van der Waals surface area contributed by atoms with E-state index in [1.54, 1.807) is 5.57 Å². The van der Waals surface area contributed by atoms with Crippen LogP contribution in [0.4, 0.5) is 0 Å². The summed E-state index contributed by atoms with van der Waals surface area (Å²) in [5.41, 5.74) is 3.27. The molecule has 88 valence electrons. The van der Waals surface area contributed by atoms with Crippen LogP contribution in [0.1, 0.15) is 27.2 Å². The van der Waals surface area contributed by atoms with Crippen molar-refractivity contribution in [3.05, 3.63) is 35.5 Å². The van der Waals surface area contributed by atoms with Crippen LogP contribution in [-0.2, 0) is 0 Å². The van der Waals surface area contributed by atoms with Crippen molar-refractivity contribution in [1.29, 1.82) is 0 Å². The number of hydrogen-bond acceptors (Lipinski definition) is 1. The highest BCUT2D eigenvalue weighted by Crippen LogP contribution is 2.35. The van der Waals surface area contributed by atoms with Crippen molar-refractivity contribution in [2.75, 3.05) is 20.1 Å². The number of allylic oxidation sites excluding steroid dienone is 3. The van der Waals surface area contributed by atoms with Gasteiger partial charge in [-0.2, -0.15) is 0 Å². The maximum atomic E-state index is 2.40. The van der Waals surface area contributed by atoms with E-state index in [4.69, 9.17) is 0 Å². The highest BCUT2D eigenvalue weighted by Gasteiger charge is 2.25. The van der Waals surface area contributed by atoms with E-state index in [2.05, 4.69) is 57.0 Å². The topological polar surface area (TPSA) is 3.24 Å². The lowest BCUT2D eigenvalue weighted by molar-refractivity contribution is 0.354. The number of likely N-dealkylation sites (N-methyl/N-ethyl adjacent to an activating group) is 1. The monoisotopic (exact) mass is 217 g/mol. The molecule has 1 aliphatic carbocycles. The van der Waals surface area contributed by atoms with Crippen LogP contribution in [0.3, 0.4) is 0 Å². The minimum Gasteiger partial charge on any atom is -0.302 e. The van der Waals surface area contributed by atoms with Gasteiger partial charge >= 0.3 is 0 Å². The van der Waals surface area contributed by atoms with Gasteiger partial charge in [0.1, 0.15) is 0 Å². The van der Waals surface area contributed by atoms with Crippen molar-refractivity contribution >= 4 is 0 Å². The van der Waals surface area contributed by atoms with Gasteiger partial charge in [0.25, 0.3) is 0 Å². The zero-order valence-electron chi connectivity index (χ0n) is 11.0. The lowest BCUT2D eigenvalue weighted by atomic mass is 9.79. The summed E-state index contributed by atoms with van der Waals surface area (Å²) in [7, 11) is 2.20. The van der Waals surface area contributed by atoms with Crippen molar-refractivity contribution in [3.8, 4) is 0 Å². The lowest BCUT2D eigenvalue weighted by Gasteiger charge is -2.26. The van der Waals surface area contributed by atoms with Gasteiger partial charge in [-0.3, -0.25) is 0 Å². The molecule has 0 spiro atoms. The smallest absolute Gasteiger partial charge is 0.0233 e. The molecule has 0 aromatic rings. The van der Waals surface area contributed by atoms with E-state index in [0.717, 1.165) is 6.54 Å². The molecule has 1 heteroatoms. The summed E-state index contributed by atoms with van der Waals surface area (Å²) in [5, 5.41) is 0. The summed E-state index contributed by atoms with van der Waals surface area (Å²) >= 11 is 0. The van der Waals surface area contributed by atoms with Gasteiger partial charge in [0.2, 0.25) is 0 Å². The molecule has 0 aromatic carbocycles.